The van der Waals surface area contributed by atoms with Crippen LogP contribution in [0, 0.1) is 5.92 Å². The maximum absolute atomic E-state index is 13.1. The molecule has 1 aliphatic rings. The van der Waals surface area contributed by atoms with Crippen LogP contribution in [0.4, 0.5) is 0 Å². The fourth-order valence-electron chi connectivity index (χ4n) is 3.66. The molecule has 3 aromatic rings. The Kier molecular flexibility index (Phi) is 4.82. The average Bonchev–Trinajstić information content (AvgIpc) is 3.37. The normalized spacial score (nSPS) is 20.8. The minimum absolute atomic E-state index is 0.103. The van der Waals surface area contributed by atoms with Gasteiger partial charge >= 0.3 is 0 Å². The van der Waals surface area contributed by atoms with Crippen molar-refractivity contribution in [2.45, 2.75) is 10.8 Å². The quantitative estimate of drug-likeness (QED) is 0.734. The maximum Gasteiger partial charge on any atom is 0.246 e. The smallest absolute Gasteiger partial charge is 0.246 e. The summed E-state index contributed by atoms with van der Waals surface area (Å²) in [5.74, 6) is 0.210. The summed E-state index contributed by atoms with van der Waals surface area (Å²) in [6.45, 7) is 1.31. The molecule has 2 heterocycles. The third kappa shape index (κ3) is 3.41. The van der Waals surface area contributed by atoms with E-state index in [2.05, 4.69) is 5.10 Å². The van der Waals surface area contributed by atoms with Crippen molar-refractivity contribution in [2.24, 2.45) is 11.7 Å². The number of benzene rings is 2. The number of nitrogens with two attached hydrogens (primary N) is 1. The van der Waals surface area contributed by atoms with E-state index in [0.717, 1.165) is 11.3 Å². The summed E-state index contributed by atoms with van der Waals surface area (Å²) in [5, 5.41) is 4.23. The fraction of sp³-hybridized carbons (Fsp3) is 0.250. The highest BCUT2D eigenvalue weighted by Gasteiger charge is 2.39. The van der Waals surface area contributed by atoms with Gasteiger partial charge in [-0.25, -0.2) is 13.1 Å². The molecule has 7 heteroatoms. The van der Waals surface area contributed by atoms with Crippen LogP contribution in [0.25, 0.3) is 5.69 Å². The standard InChI is InChI=1S/C20H22N4O2S/c21-11-17-13-23(15-20(17)16-7-3-1-4-8-16)27(25,26)19-12-22-24(14-19)18-9-5-2-6-10-18/h1-10,12,14,17,20H,11,13,15,21H2/t17-,20+/m1/s1. The van der Waals surface area contributed by atoms with Gasteiger partial charge in [-0.1, -0.05) is 48.5 Å². The van der Waals surface area contributed by atoms with Gasteiger partial charge in [0.25, 0.3) is 0 Å². The van der Waals surface area contributed by atoms with Crippen molar-refractivity contribution in [3.63, 3.8) is 0 Å². The molecule has 2 N–H and O–H groups in total. The third-order valence-electron chi connectivity index (χ3n) is 5.16. The van der Waals surface area contributed by atoms with Crippen molar-refractivity contribution in [3.05, 3.63) is 78.6 Å². The van der Waals surface area contributed by atoms with Crippen LogP contribution >= 0.6 is 0 Å². The summed E-state index contributed by atoms with van der Waals surface area (Å²) in [6, 6.07) is 19.4. The number of hydrogen-bond acceptors (Lipinski definition) is 4. The molecule has 1 aromatic heterocycles. The van der Waals surface area contributed by atoms with Crippen molar-refractivity contribution in [3.8, 4) is 5.69 Å². The molecule has 0 spiro atoms. The molecule has 140 valence electrons. The Hall–Kier alpha value is -2.48. The second kappa shape index (κ2) is 7.26. The van der Waals surface area contributed by atoms with Crippen molar-refractivity contribution >= 4 is 10.0 Å². The largest absolute Gasteiger partial charge is 0.330 e. The van der Waals surface area contributed by atoms with Gasteiger partial charge in [-0.05, 0) is 30.2 Å². The van der Waals surface area contributed by atoms with Crippen molar-refractivity contribution < 1.29 is 8.42 Å². The van der Waals surface area contributed by atoms with E-state index in [1.54, 1.807) is 10.9 Å². The molecule has 0 radical (unpaired) electrons. The van der Waals surface area contributed by atoms with Gasteiger partial charge in [0.15, 0.2) is 0 Å². The SMILES string of the molecule is NC[C@@H]1CN(S(=O)(=O)c2cnn(-c3ccccc3)c2)C[C@H]1c1ccccc1. The fourth-order valence-corrected chi connectivity index (χ4v) is 5.11. The molecule has 0 saturated carbocycles. The molecule has 0 amide bonds. The molecule has 1 saturated heterocycles. The Balaban J connectivity index is 1.60. The minimum Gasteiger partial charge on any atom is -0.330 e. The van der Waals surface area contributed by atoms with Crippen molar-refractivity contribution in [1.29, 1.82) is 0 Å². The first-order valence-electron chi connectivity index (χ1n) is 8.95. The summed E-state index contributed by atoms with van der Waals surface area (Å²) >= 11 is 0. The van der Waals surface area contributed by atoms with Crippen LogP contribution in [-0.4, -0.2) is 42.1 Å². The molecular formula is C20H22N4O2S. The zero-order chi connectivity index (χ0) is 18.9. The lowest BCUT2D eigenvalue weighted by molar-refractivity contribution is 0.459. The number of sulfonamides is 1. The number of aromatic nitrogens is 2. The first-order valence-corrected chi connectivity index (χ1v) is 10.4. The van der Waals surface area contributed by atoms with Crippen LogP contribution in [0.5, 0.6) is 0 Å². The topological polar surface area (TPSA) is 81.2 Å². The lowest BCUT2D eigenvalue weighted by Crippen LogP contribution is -2.29. The van der Waals surface area contributed by atoms with E-state index >= 15 is 0 Å². The van der Waals surface area contributed by atoms with E-state index in [-0.39, 0.29) is 16.7 Å². The van der Waals surface area contributed by atoms with Gasteiger partial charge in [0.05, 0.1) is 18.1 Å². The molecule has 2 atom stereocenters. The van der Waals surface area contributed by atoms with E-state index in [1.807, 2.05) is 60.7 Å². The summed E-state index contributed by atoms with van der Waals surface area (Å²) in [5.41, 5.74) is 7.90. The Morgan fingerprint density at radius 2 is 1.67 bits per heavy atom. The van der Waals surface area contributed by atoms with Crippen LogP contribution in [0.1, 0.15) is 11.5 Å². The summed E-state index contributed by atoms with van der Waals surface area (Å²) in [4.78, 5) is 0.204. The predicted molar refractivity (Wildman–Crippen MR) is 104 cm³/mol. The Morgan fingerprint density at radius 3 is 2.33 bits per heavy atom. The van der Waals surface area contributed by atoms with Gasteiger partial charge in [-0.3, -0.25) is 0 Å². The molecule has 0 bridgehead atoms. The van der Waals surface area contributed by atoms with Crippen molar-refractivity contribution in [1.82, 2.24) is 14.1 Å². The number of nitrogens with zero attached hydrogens (tertiary/aromatic N) is 3. The maximum atomic E-state index is 13.1. The van der Waals surface area contributed by atoms with E-state index in [4.69, 9.17) is 5.73 Å². The van der Waals surface area contributed by atoms with Crippen molar-refractivity contribution in [2.75, 3.05) is 19.6 Å². The van der Waals surface area contributed by atoms with Crippen LogP contribution in [0.2, 0.25) is 0 Å². The number of para-hydroxylation sites is 1. The predicted octanol–water partition coefficient (Wildman–Crippen LogP) is 2.24. The van der Waals surface area contributed by atoms with Gasteiger partial charge in [0.1, 0.15) is 4.90 Å². The molecule has 27 heavy (non-hydrogen) atoms. The van der Waals surface area contributed by atoms with Gasteiger partial charge < -0.3 is 5.73 Å². The lowest BCUT2D eigenvalue weighted by Gasteiger charge is -2.16. The Bertz CT molecular complexity index is 1000. The Labute approximate surface area is 159 Å². The molecule has 2 aromatic carbocycles. The van der Waals surface area contributed by atoms with Gasteiger partial charge in [0, 0.05) is 19.0 Å². The first kappa shape index (κ1) is 17.9. The lowest BCUT2D eigenvalue weighted by atomic mass is 9.89. The summed E-state index contributed by atoms with van der Waals surface area (Å²) < 4.78 is 29.4. The Morgan fingerprint density at radius 1 is 1.00 bits per heavy atom. The first-order chi connectivity index (χ1) is 13.1. The molecule has 0 unspecified atom stereocenters. The second-order valence-electron chi connectivity index (χ2n) is 6.79. The van der Waals surface area contributed by atoms with Crippen LogP contribution in [0.3, 0.4) is 0 Å². The second-order valence-corrected chi connectivity index (χ2v) is 8.73. The van der Waals surface area contributed by atoms with Crippen LogP contribution < -0.4 is 5.73 Å². The van der Waals surface area contributed by atoms with Crippen LogP contribution in [-0.2, 0) is 10.0 Å². The van der Waals surface area contributed by atoms with Gasteiger partial charge in [-0.2, -0.15) is 9.40 Å². The monoisotopic (exact) mass is 382 g/mol. The zero-order valence-electron chi connectivity index (χ0n) is 14.8. The molecular weight excluding hydrogens is 360 g/mol. The van der Waals surface area contributed by atoms with E-state index in [9.17, 15) is 8.42 Å². The third-order valence-corrected chi connectivity index (χ3v) is 6.94. The number of hydrogen-bond donors (Lipinski definition) is 1. The molecule has 1 fully saturated rings. The minimum atomic E-state index is -3.62. The van der Waals surface area contributed by atoms with Gasteiger partial charge in [-0.15, -0.1) is 0 Å². The molecule has 1 aliphatic heterocycles. The highest BCUT2D eigenvalue weighted by molar-refractivity contribution is 7.89. The van der Waals surface area contributed by atoms with E-state index < -0.39 is 10.0 Å². The van der Waals surface area contributed by atoms with Gasteiger partial charge in [0.2, 0.25) is 10.0 Å². The summed E-state index contributed by atoms with van der Waals surface area (Å²) in [7, 11) is -3.62. The highest BCUT2D eigenvalue weighted by Crippen LogP contribution is 2.35. The van der Waals surface area contributed by atoms with E-state index in [1.165, 1.54) is 10.5 Å². The molecule has 0 aliphatic carbocycles. The zero-order valence-corrected chi connectivity index (χ0v) is 15.7. The average molecular weight is 382 g/mol. The van der Waals surface area contributed by atoms with E-state index in [0.29, 0.717) is 19.6 Å². The molecule has 6 nitrogen and oxygen atoms in total. The highest BCUT2D eigenvalue weighted by atomic mass is 32.2. The van der Waals surface area contributed by atoms with Crippen LogP contribution in [0.15, 0.2) is 78.0 Å². The number of rotatable bonds is 5. The summed E-state index contributed by atoms with van der Waals surface area (Å²) in [6.07, 6.45) is 2.98. The molecule has 4 rings (SSSR count).